The summed E-state index contributed by atoms with van der Waals surface area (Å²) >= 11 is 0. The Labute approximate surface area is 191 Å². The number of fused-ring (bicyclic) bond motifs is 1. The maximum atomic E-state index is 12.7. The van der Waals surface area contributed by atoms with Crippen molar-refractivity contribution in [2.24, 2.45) is 0 Å². The van der Waals surface area contributed by atoms with Crippen LogP contribution in [0.5, 0.6) is 5.75 Å². The average molecular weight is 444 g/mol. The van der Waals surface area contributed by atoms with E-state index >= 15 is 0 Å². The first-order valence-corrected chi connectivity index (χ1v) is 10.6. The summed E-state index contributed by atoms with van der Waals surface area (Å²) in [4.78, 5) is 37.4. The third-order valence-electron chi connectivity index (χ3n) is 5.13. The first kappa shape index (κ1) is 22.0. The first-order valence-electron chi connectivity index (χ1n) is 10.6. The molecule has 1 atom stereocenters. The van der Waals surface area contributed by atoms with Crippen LogP contribution in [0.1, 0.15) is 29.4 Å². The molecule has 4 rings (SSSR count). The largest absolute Gasteiger partial charge is 0.497 e. The highest BCUT2D eigenvalue weighted by Crippen LogP contribution is 2.24. The highest BCUT2D eigenvalue weighted by Gasteiger charge is 2.23. The van der Waals surface area contributed by atoms with Crippen molar-refractivity contribution in [3.05, 3.63) is 71.9 Å². The van der Waals surface area contributed by atoms with Crippen LogP contribution in [-0.2, 0) is 9.53 Å². The Kier molecular flexibility index (Phi) is 6.35. The summed E-state index contributed by atoms with van der Waals surface area (Å²) in [5.41, 5.74) is 3.40. The van der Waals surface area contributed by atoms with Crippen LogP contribution in [0.3, 0.4) is 0 Å². The molecule has 0 aliphatic rings. The molecule has 0 spiro atoms. The van der Waals surface area contributed by atoms with E-state index in [1.165, 1.54) is 0 Å². The number of H-pyrrole nitrogens is 1. The topological polar surface area (TPSA) is 106 Å². The molecule has 0 saturated heterocycles. The summed E-state index contributed by atoms with van der Waals surface area (Å²) in [5.74, 6) is 0.840. The number of esters is 1. The van der Waals surface area contributed by atoms with Crippen LogP contribution in [-0.4, -0.2) is 40.0 Å². The number of pyridine rings is 1. The second-order valence-electron chi connectivity index (χ2n) is 7.50. The van der Waals surface area contributed by atoms with Crippen LogP contribution in [0.2, 0.25) is 0 Å². The van der Waals surface area contributed by atoms with E-state index in [4.69, 9.17) is 9.47 Å². The zero-order valence-corrected chi connectivity index (χ0v) is 18.6. The van der Waals surface area contributed by atoms with E-state index in [1.54, 1.807) is 44.4 Å². The van der Waals surface area contributed by atoms with Gasteiger partial charge in [-0.1, -0.05) is 13.0 Å². The molecule has 1 unspecified atom stereocenters. The number of imidazole rings is 1. The monoisotopic (exact) mass is 444 g/mol. The van der Waals surface area contributed by atoms with Gasteiger partial charge in [-0.2, -0.15) is 0 Å². The minimum Gasteiger partial charge on any atom is -0.497 e. The zero-order valence-electron chi connectivity index (χ0n) is 18.6. The number of hydrogen-bond acceptors (Lipinski definition) is 6. The summed E-state index contributed by atoms with van der Waals surface area (Å²) in [7, 11) is 1.61. The van der Waals surface area contributed by atoms with Crippen LogP contribution in [0, 0.1) is 6.92 Å². The Morgan fingerprint density at radius 2 is 1.85 bits per heavy atom. The number of methoxy groups -OCH3 is 1. The Hall–Kier alpha value is -4.20. The molecule has 8 heteroatoms. The van der Waals surface area contributed by atoms with Crippen LogP contribution in [0.15, 0.2) is 60.7 Å². The Morgan fingerprint density at radius 1 is 1.06 bits per heavy atom. The van der Waals surface area contributed by atoms with E-state index in [9.17, 15) is 9.59 Å². The number of aromatic nitrogens is 3. The van der Waals surface area contributed by atoms with Crippen LogP contribution >= 0.6 is 0 Å². The van der Waals surface area contributed by atoms with Gasteiger partial charge in [0, 0.05) is 11.3 Å². The van der Waals surface area contributed by atoms with Crippen LogP contribution in [0.4, 0.5) is 5.82 Å². The highest BCUT2D eigenvalue weighted by molar-refractivity contribution is 5.98. The highest BCUT2D eigenvalue weighted by atomic mass is 16.5. The fourth-order valence-electron chi connectivity index (χ4n) is 3.36. The minimum absolute atomic E-state index is 0.326. The molecule has 0 fully saturated rings. The van der Waals surface area contributed by atoms with Crippen molar-refractivity contribution in [1.82, 2.24) is 15.0 Å². The standard InChI is InChI=1S/C25H24N4O4/c1-4-21(24(30)29-22-7-5-6-15(2)26-22)33-25(31)17-10-13-19-20(14-17)28-23(27-19)16-8-11-18(32-3)12-9-16/h5-14,21H,4H2,1-3H3,(H,27,28)(H,26,29,30). The molecule has 2 heterocycles. The van der Waals surface area contributed by atoms with Crippen molar-refractivity contribution in [2.75, 3.05) is 12.4 Å². The molecule has 4 aromatic rings. The van der Waals surface area contributed by atoms with E-state index in [1.807, 2.05) is 37.3 Å². The number of carbonyl (C=O) groups excluding carboxylic acids is 2. The SMILES string of the molecule is CCC(OC(=O)c1ccc2nc(-c3ccc(OC)cc3)[nH]c2c1)C(=O)Nc1cccc(C)n1. The normalized spacial score (nSPS) is 11.7. The van der Waals surface area contributed by atoms with Crippen LogP contribution in [0.25, 0.3) is 22.4 Å². The Balaban J connectivity index is 1.49. The lowest BCUT2D eigenvalue weighted by Crippen LogP contribution is -2.32. The van der Waals surface area contributed by atoms with E-state index in [0.29, 0.717) is 34.7 Å². The molecular formula is C25H24N4O4. The molecule has 0 aliphatic carbocycles. The molecule has 2 aromatic heterocycles. The number of carbonyl (C=O) groups is 2. The third-order valence-corrected chi connectivity index (χ3v) is 5.13. The number of hydrogen-bond donors (Lipinski definition) is 2. The lowest BCUT2D eigenvalue weighted by atomic mass is 10.2. The fourth-order valence-corrected chi connectivity index (χ4v) is 3.36. The number of ether oxygens (including phenoxy) is 2. The van der Waals surface area contributed by atoms with E-state index in [0.717, 1.165) is 17.0 Å². The van der Waals surface area contributed by atoms with E-state index < -0.39 is 18.0 Å². The van der Waals surface area contributed by atoms with E-state index in [-0.39, 0.29) is 0 Å². The number of nitrogens with zero attached hydrogens (tertiary/aromatic N) is 2. The molecule has 8 nitrogen and oxygen atoms in total. The second kappa shape index (κ2) is 9.52. The molecule has 33 heavy (non-hydrogen) atoms. The molecule has 2 N–H and O–H groups in total. The van der Waals surface area contributed by atoms with Gasteiger partial charge in [0.2, 0.25) is 0 Å². The van der Waals surface area contributed by atoms with Gasteiger partial charge in [-0.05, 0) is 67.9 Å². The first-order chi connectivity index (χ1) is 16.0. The Bertz CT molecular complexity index is 1300. The van der Waals surface area contributed by atoms with Crippen molar-refractivity contribution >= 4 is 28.7 Å². The van der Waals surface area contributed by atoms with Gasteiger partial charge < -0.3 is 19.8 Å². The Morgan fingerprint density at radius 3 is 2.55 bits per heavy atom. The van der Waals surface area contributed by atoms with Gasteiger partial charge in [-0.15, -0.1) is 0 Å². The third kappa shape index (κ3) is 5.01. The molecular weight excluding hydrogens is 420 g/mol. The molecule has 168 valence electrons. The van der Waals surface area contributed by atoms with Crippen molar-refractivity contribution in [3.63, 3.8) is 0 Å². The summed E-state index contributed by atoms with van der Waals surface area (Å²) in [6, 6.07) is 17.9. The van der Waals surface area contributed by atoms with Crippen molar-refractivity contribution in [1.29, 1.82) is 0 Å². The van der Waals surface area contributed by atoms with Gasteiger partial charge in [0.05, 0.1) is 23.7 Å². The minimum atomic E-state index is -0.938. The summed E-state index contributed by atoms with van der Waals surface area (Å²) in [5, 5.41) is 2.70. The molecule has 0 saturated carbocycles. The zero-order chi connectivity index (χ0) is 23.4. The van der Waals surface area contributed by atoms with E-state index in [2.05, 4.69) is 20.3 Å². The number of benzene rings is 2. The maximum Gasteiger partial charge on any atom is 0.338 e. The number of rotatable bonds is 7. The van der Waals surface area contributed by atoms with Gasteiger partial charge in [-0.3, -0.25) is 4.79 Å². The molecule has 0 bridgehead atoms. The van der Waals surface area contributed by atoms with Crippen molar-refractivity contribution in [2.45, 2.75) is 26.4 Å². The number of aryl methyl sites for hydroxylation is 1. The van der Waals surface area contributed by atoms with Gasteiger partial charge in [0.1, 0.15) is 17.4 Å². The smallest absolute Gasteiger partial charge is 0.338 e. The van der Waals surface area contributed by atoms with Gasteiger partial charge in [0.15, 0.2) is 6.10 Å². The average Bonchev–Trinajstić information content (AvgIpc) is 3.26. The predicted molar refractivity (Wildman–Crippen MR) is 125 cm³/mol. The fraction of sp³-hybridized carbons (Fsp3) is 0.200. The number of nitrogens with one attached hydrogen (secondary N) is 2. The quantitative estimate of drug-likeness (QED) is 0.406. The van der Waals surface area contributed by atoms with Crippen LogP contribution < -0.4 is 10.1 Å². The lowest BCUT2D eigenvalue weighted by molar-refractivity contribution is -0.124. The van der Waals surface area contributed by atoms with Crippen molar-refractivity contribution < 1.29 is 19.1 Å². The summed E-state index contributed by atoms with van der Waals surface area (Å²) < 4.78 is 10.7. The molecule has 0 radical (unpaired) electrons. The van der Waals surface area contributed by atoms with Crippen molar-refractivity contribution in [3.8, 4) is 17.1 Å². The second-order valence-corrected chi connectivity index (χ2v) is 7.50. The summed E-state index contributed by atoms with van der Waals surface area (Å²) in [6.07, 6.45) is -0.607. The molecule has 0 aliphatic heterocycles. The predicted octanol–water partition coefficient (Wildman–Crippen LogP) is 4.52. The van der Waals surface area contributed by atoms with Gasteiger partial charge in [0.25, 0.3) is 5.91 Å². The van der Waals surface area contributed by atoms with Gasteiger partial charge >= 0.3 is 5.97 Å². The lowest BCUT2D eigenvalue weighted by Gasteiger charge is -2.16. The number of aromatic amines is 1. The van der Waals surface area contributed by atoms with Gasteiger partial charge in [-0.25, -0.2) is 14.8 Å². The molecule has 1 amide bonds. The number of amides is 1. The summed E-state index contributed by atoms with van der Waals surface area (Å²) in [6.45, 7) is 3.61. The molecule has 2 aromatic carbocycles. The maximum absolute atomic E-state index is 12.7. The number of anilines is 1.